The molecular formula is C20H25BrF2N4O3. The zero-order valence-electron chi connectivity index (χ0n) is 16.9. The van der Waals surface area contributed by atoms with E-state index in [2.05, 4.69) is 26.2 Å². The third-order valence-corrected chi connectivity index (χ3v) is 5.60. The summed E-state index contributed by atoms with van der Waals surface area (Å²) in [5.41, 5.74) is -0.134. The van der Waals surface area contributed by atoms with Gasteiger partial charge in [0.05, 0.1) is 6.61 Å². The molecule has 10 heteroatoms. The minimum Gasteiger partial charge on any atom is -0.472 e. The molecule has 0 unspecified atom stereocenters. The maximum absolute atomic E-state index is 13.9. The van der Waals surface area contributed by atoms with Crippen LogP contribution in [0.4, 0.5) is 14.7 Å². The van der Waals surface area contributed by atoms with Crippen molar-refractivity contribution in [3.8, 4) is 5.88 Å². The second kappa shape index (κ2) is 9.84. The van der Waals surface area contributed by atoms with Crippen LogP contribution in [0.25, 0.3) is 0 Å². The van der Waals surface area contributed by atoms with Gasteiger partial charge in [-0.05, 0) is 48.3 Å². The van der Waals surface area contributed by atoms with Gasteiger partial charge in [-0.3, -0.25) is 9.36 Å². The van der Waals surface area contributed by atoms with Crippen molar-refractivity contribution in [3.63, 3.8) is 0 Å². The van der Waals surface area contributed by atoms with Gasteiger partial charge >= 0.3 is 0 Å². The first-order valence-electron chi connectivity index (χ1n) is 9.79. The third-order valence-electron chi connectivity index (χ3n) is 4.92. The molecule has 2 aromatic rings. The largest absolute Gasteiger partial charge is 0.472 e. The Morgan fingerprint density at radius 2 is 2.17 bits per heavy atom. The summed E-state index contributed by atoms with van der Waals surface area (Å²) in [7, 11) is 0. The van der Waals surface area contributed by atoms with Gasteiger partial charge in [-0.2, -0.15) is 4.98 Å². The van der Waals surface area contributed by atoms with Gasteiger partial charge in [0, 0.05) is 43.3 Å². The Morgan fingerprint density at radius 1 is 1.40 bits per heavy atom. The van der Waals surface area contributed by atoms with Crippen LogP contribution in [0, 0.1) is 11.6 Å². The van der Waals surface area contributed by atoms with Crippen LogP contribution in [-0.2, 0) is 6.61 Å². The van der Waals surface area contributed by atoms with E-state index in [9.17, 15) is 13.6 Å². The number of nitrogens with zero attached hydrogens (tertiary/aromatic N) is 3. The molecule has 1 aromatic heterocycles. The van der Waals surface area contributed by atoms with E-state index in [-0.39, 0.29) is 46.8 Å². The summed E-state index contributed by atoms with van der Waals surface area (Å²) in [5.74, 6) is -0.863. The molecule has 1 saturated heterocycles. The van der Waals surface area contributed by atoms with Gasteiger partial charge in [-0.15, -0.1) is 0 Å². The zero-order valence-corrected chi connectivity index (χ0v) is 18.5. The van der Waals surface area contributed by atoms with E-state index < -0.39 is 11.6 Å². The Balaban J connectivity index is 1.88. The van der Waals surface area contributed by atoms with E-state index >= 15 is 0 Å². The fraction of sp³-hybridized carbons (Fsp3) is 0.500. The number of halogens is 3. The number of ether oxygens (including phenoxy) is 1. The maximum atomic E-state index is 13.9. The van der Waals surface area contributed by atoms with Gasteiger partial charge in [0.2, 0.25) is 11.8 Å². The molecule has 0 saturated carbocycles. The van der Waals surface area contributed by atoms with Crippen molar-refractivity contribution in [2.24, 2.45) is 0 Å². The second-order valence-corrected chi connectivity index (χ2v) is 8.23. The molecule has 0 spiro atoms. The molecule has 2 heterocycles. The number of aliphatic hydroxyl groups excluding tert-OH is 1. The molecule has 7 nitrogen and oxygen atoms in total. The SMILES string of the molecule is CC(C)n1c(N2CC[C@@H](NCCO)C2)nc(OCc2ccc(F)cc2F)c(Br)c1=O. The van der Waals surface area contributed by atoms with Gasteiger partial charge < -0.3 is 20.1 Å². The number of aromatic nitrogens is 2. The van der Waals surface area contributed by atoms with Crippen LogP contribution in [0.5, 0.6) is 5.88 Å². The van der Waals surface area contributed by atoms with Crippen LogP contribution in [0.1, 0.15) is 31.9 Å². The number of hydrogen-bond donors (Lipinski definition) is 2. The van der Waals surface area contributed by atoms with Gasteiger partial charge in [0.25, 0.3) is 5.56 Å². The molecule has 3 rings (SSSR count). The topological polar surface area (TPSA) is 79.6 Å². The van der Waals surface area contributed by atoms with Crippen LogP contribution < -0.4 is 20.5 Å². The summed E-state index contributed by atoms with van der Waals surface area (Å²) < 4.78 is 34.4. The second-order valence-electron chi connectivity index (χ2n) is 7.43. The average Bonchev–Trinajstić information content (AvgIpc) is 3.17. The van der Waals surface area contributed by atoms with Gasteiger partial charge in [0.1, 0.15) is 22.7 Å². The lowest BCUT2D eigenvalue weighted by Crippen LogP contribution is -2.37. The Bertz CT molecular complexity index is 954. The first-order valence-corrected chi connectivity index (χ1v) is 10.6. The fourth-order valence-electron chi connectivity index (χ4n) is 3.43. The molecule has 1 aromatic carbocycles. The van der Waals surface area contributed by atoms with Crippen molar-refractivity contribution >= 4 is 21.9 Å². The molecule has 30 heavy (non-hydrogen) atoms. The molecule has 0 radical (unpaired) electrons. The van der Waals surface area contributed by atoms with E-state index in [0.29, 0.717) is 25.6 Å². The highest BCUT2D eigenvalue weighted by Crippen LogP contribution is 2.28. The van der Waals surface area contributed by atoms with E-state index in [1.807, 2.05) is 18.7 Å². The Kier molecular flexibility index (Phi) is 7.43. The number of benzene rings is 1. The van der Waals surface area contributed by atoms with Gasteiger partial charge in [0.15, 0.2) is 0 Å². The molecule has 2 N–H and O–H groups in total. The third kappa shape index (κ3) is 4.98. The van der Waals surface area contributed by atoms with E-state index in [4.69, 9.17) is 9.84 Å². The minimum absolute atomic E-state index is 0.0572. The molecule has 1 aliphatic rings. The number of hydrogen-bond acceptors (Lipinski definition) is 6. The van der Waals surface area contributed by atoms with E-state index in [1.165, 1.54) is 6.07 Å². The lowest BCUT2D eigenvalue weighted by Gasteiger charge is -2.25. The molecule has 1 atom stereocenters. The Labute approximate surface area is 181 Å². The van der Waals surface area contributed by atoms with Crippen LogP contribution in [-0.4, -0.2) is 46.9 Å². The lowest BCUT2D eigenvalue weighted by atomic mass is 10.2. The van der Waals surface area contributed by atoms with E-state index in [0.717, 1.165) is 18.6 Å². The average molecular weight is 487 g/mol. The summed E-state index contributed by atoms with van der Waals surface area (Å²) in [6.45, 7) is 5.48. The van der Waals surface area contributed by atoms with Crippen molar-refractivity contribution in [1.29, 1.82) is 0 Å². The summed E-state index contributed by atoms with van der Waals surface area (Å²) in [4.78, 5) is 19.5. The number of nitrogens with one attached hydrogen (secondary N) is 1. The molecule has 0 aliphatic carbocycles. The number of rotatable bonds is 8. The Hall–Kier alpha value is -2.04. The fourth-order valence-corrected chi connectivity index (χ4v) is 3.82. The minimum atomic E-state index is -0.723. The van der Waals surface area contributed by atoms with Crippen LogP contribution in [0.15, 0.2) is 27.5 Å². The van der Waals surface area contributed by atoms with Crippen LogP contribution in [0.3, 0.4) is 0 Å². The van der Waals surface area contributed by atoms with Crippen molar-refractivity contribution in [1.82, 2.24) is 14.9 Å². The highest BCUT2D eigenvalue weighted by atomic mass is 79.9. The smallest absolute Gasteiger partial charge is 0.273 e. The molecule has 164 valence electrons. The summed E-state index contributed by atoms with van der Waals surface area (Å²) in [6, 6.07) is 3.27. The first-order chi connectivity index (χ1) is 14.3. The van der Waals surface area contributed by atoms with Crippen LogP contribution in [0.2, 0.25) is 0 Å². The Morgan fingerprint density at radius 3 is 2.83 bits per heavy atom. The lowest BCUT2D eigenvalue weighted by molar-refractivity contribution is 0.282. The zero-order chi connectivity index (χ0) is 21.8. The van der Waals surface area contributed by atoms with Crippen molar-refractivity contribution < 1.29 is 18.6 Å². The van der Waals surface area contributed by atoms with Gasteiger partial charge in [-0.25, -0.2) is 8.78 Å². The van der Waals surface area contributed by atoms with Crippen molar-refractivity contribution in [2.45, 2.75) is 39.0 Å². The molecule has 0 amide bonds. The van der Waals surface area contributed by atoms with Crippen molar-refractivity contribution in [2.75, 3.05) is 31.1 Å². The molecular weight excluding hydrogens is 462 g/mol. The highest BCUT2D eigenvalue weighted by molar-refractivity contribution is 9.10. The first kappa shape index (κ1) is 22.6. The quantitative estimate of drug-likeness (QED) is 0.596. The highest BCUT2D eigenvalue weighted by Gasteiger charge is 2.28. The summed E-state index contributed by atoms with van der Waals surface area (Å²) in [6.07, 6.45) is 0.848. The predicted octanol–water partition coefficient (Wildman–Crippen LogP) is 2.60. The normalized spacial score (nSPS) is 16.5. The summed E-state index contributed by atoms with van der Waals surface area (Å²) >= 11 is 3.26. The molecule has 1 aliphatic heterocycles. The monoisotopic (exact) mass is 486 g/mol. The standard InChI is InChI=1S/C20H25BrF2N4O3/c1-12(2)27-19(29)17(21)18(30-11-13-3-4-14(22)9-16(13)23)25-20(27)26-7-5-15(10-26)24-6-8-28/h3-4,9,12,15,24,28H,5-8,10-11H2,1-2H3/t15-/m1/s1. The molecule has 1 fully saturated rings. The predicted molar refractivity (Wildman–Crippen MR) is 113 cm³/mol. The van der Waals surface area contributed by atoms with Gasteiger partial charge in [-0.1, -0.05) is 0 Å². The molecule has 0 bridgehead atoms. The maximum Gasteiger partial charge on any atom is 0.273 e. The number of anilines is 1. The van der Waals surface area contributed by atoms with Crippen molar-refractivity contribution in [3.05, 3.63) is 50.2 Å². The van der Waals surface area contributed by atoms with Crippen LogP contribution >= 0.6 is 15.9 Å². The van der Waals surface area contributed by atoms with E-state index in [1.54, 1.807) is 4.57 Å². The number of aliphatic hydroxyl groups is 1. The summed E-state index contributed by atoms with van der Waals surface area (Å²) in [5, 5.41) is 12.3.